The van der Waals surface area contributed by atoms with Gasteiger partial charge in [0, 0.05) is 23.5 Å². The summed E-state index contributed by atoms with van der Waals surface area (Å²) in [5, 5.41) is 3.04. The van der Waals surface area contributed by atoms with E-state index in [2.05, 4.69) is 12.2 Å². The quantitative estimate of drug-likeness (QED) is 0.725. The van der Waals surface area contributed by atoms with E-state index in [0.717, 1.165) is 30.6 Å². The Morgan fingerprint density at radius 3 is 2.94 bits per heavy atom. The molecule has 3 rings (SSSR count). The Bertz CT molecular complexity index is 468. The molecule has 1 atom stereocenters. The van der Waals surface area contributed by atoms with Crippen molar-refractivity contribution >= 4 is 17.4 Å². The Hall–Kier alpha value is -1.71. The van der Waals surface area contributed by atoms with Crippen LogP contribution in [-0.2, 0) is 6.42 Å². The van der Waals surface area contributed by atoms with Crippen molar-refractivity contribution in [1.82, 2.24) is 5.32 Å². The number of nitrogens with zero attached hydrogens (tertiary/aromatic N) is 1. The predicted octanol–water partition coefficient (Wildman–Crippen LogP) is 1.89. The number of hydrogen-bond donors (Lipinski definition) is 2. The minimum Gasteiger partial charge on any atom is -0.399 e. The SMILES string of the molecule is CC1Cc2cc(N)ccc2N1C(=O)NC1CC1. The second-order valence-corrected chi connectivity index (χ2v) is 5.04. The minimum atomic E-state index is 0.0310. The molecule has 0 radical (unpaired) electrons. The lowest BCUT2D eigenvalue weighted by Gasteiger charge is -2.23. The number of carbonyl (C=O) groups is 1. The Kier molecular flexibility index (Phi) is 2.24. The monoisotopic (exact) mass is 231 g/mol. The molecule has 3 N–H and O–H groups in total. The van der Waals surface area contributed by atoms with Crippen molar-refractivity contribution in [2.24, 2.45) is 0 Å². The molecule has 0 saturated heterocycles. The van der Waals surface area contributed by atoms with Crippen LogP contribution in [0.1, 0.15) is 25.3 Å². The van der Waals surface area contributed by atoms with Crippen LogP contribution < -0.4 is 16.0 Å². The molecule has 1 aliphatic carbocycles. The van der Waals surface area contributed by atoms with Crippen molar-refractivity contribution < 1.29 is 4.79 Å². The topological polar surface area (TPSA) is 58.4 Å². The summed E-state index contributed by atoms with van der Waals surface area (Å²) < 4.78 is 0. The van der Waals surface area contributed by atoms with E-state index in [1.165, 1.54) is 5.56 Å². The van der Waals surface area contributed by atoms with Gasteiger partial charge < -0.3 is 11.1 Å². The lowest BCUT2D eigenvalue weighted by atomic mass is 10.1. The molecule has 1 saturated carbocycles. The molecule has 1 aliphatic heterocycles. The van der Waals surface area contributed by atoms with Crippen molar-refractivity contribution in [2.45, 2.75) is 38.3 Å². The van der Waals surface area contributed by atoms with Gasteiger partial charge in [-0.25, -0.2) is 4.79 Å². The minimum absolute atomic E-state index is 0.0310. The van der Waals surface area contributed by atoms with Crippen LogP contribution >= 0.6 is 0 Å². The zero-order chi connectivity index (χ0) is 12.0. The maximum Gasteiger partial charge on any atom is 0.322 e. The summed E-state index contributed by atoms with van der Waals surface area (Å²) in [6.45, 7) is 2.07. The van der Waals surface area contributed by atoms with Crippen LogP contribution in [0.3, 0.4) is 0 Å². The van der Waals surface area contributed by atoms with E-state index >= 15 is 0 Å². The van der Waals surface area contributed by atoms with Crippen LogP contribution in [0.5, 0.6) is 0 Å². The number of rotatable bonds is 1. The molecular weight excluding hydrogens is 214 g/mol. The van der Waals surface area contributed by atoms with Gasteiger partial charge >= 0.3 is 6.03 Å². The molecular formula is C13H17N3O. The van der Waals surface area contributed by atoms with Crippen LogP contribution in [0.2, 0.25) is 0 Å². The van der Waals surface area contributed by atoms with E-state index in [9.17, 15) is 4.79 Å². The van der Waals surface area contributed by atoms with Crippen molar-refractivity contribution in [1.29, 1.82) is 0 Å². The second-order valence-electron chi connectivity index (χ2n) is 5.04. The third-order valence-corrected chi connectivity index (χ3v) is 3.44. The second kappa shape index (κ2) is 3.65. The first kappa shape index (κ1) is 10.4. The summed E-state index contributed by atoms with van der Waals surface area (Å²) in [6.07, 6.45) is 3.11. The Morgan fingerprint density at radius 2 is 2.24 bits per heavy atom. The average molecular weight is 231 g/mol. The van der Waals surface area contributed by atoms with Gasteiger partial charge in [-0.2, -0.15) is 0 Å². The molecule has 1 heterocycles. The van der Waals surface area contributed by atoms with Crippen LogP contribution in [0.25, 0.3) is 0 Å². The van der Waals surface area contributed by atoms with Gasteiger partial charge in [0.1, 0.15) is 0 Å². The number of benzene rings is 1. The molecule has 1 unspecified atom stereocenters. The smallest absolute Gasteiger partial charge is 0.322 e. The predicted molar refractivity (Wildman–Crippen MR) is 68.1 cm³/mol. The zero-order valence-corrected chi connectivity index (χ0v) is 9.94. The van der Waals surface area contributed by atoms with E-state index in [-0.39, 0.29) is 12.1 Å². The Labute approximate surface area is 101 Å². The van der Waals surface area contributed by atoms with Gasteiger partial charge in [-0.1, -0.05) is 0 Å². The fourth-order valence-corrected chi connectivity index (χ4v) is 2.43. The molecule has 17 heavy (non-hydrogen) atoms. The van der Waals surface area contributed by atoms with Crippen LogP contribution in [0, 0.1) is 0 Å². The summed E-state index contributed by atoms with van der Waals surface area (Å²) in [7, 11) is 0. The lowest BCUT2D eigenvalue weighted by Crippen LogP contribution is -2.44. The number of carbonyl (C=O) groups excluding carboxylic acids is 1. The highest BCUT2D eigenvalue weighted by molar-refractivity contribution is 5.95. The highest BCUT2D eigenvalue weighted by Crippen LogP contribution is 2.34. The number of nitrogens with one attached hydrogen (secondary N) is 1. The first-order valence-electron chi connectivity index (χ1n) is 6.13. The van der Waals surface area contributed by atoms with Gasteiger partial charge in [0.05, 0.1) is 0 Å². The molecule has 1 aromatic rings. The Balaban J connectivity index is 1.87. The van der Waals surface area contributed by atoms with E-state index in [1.807, 2.05) is 23.1 Å². The number of anilines is 2. The van der Waals surface area contributed by atoms with Gasteiger partial charge in [-0.3, -0.25) is 4.90 Å². The van der Waals surface area contributed by atoms with Crippen molar-refractivity contribution in [2.75, 3.05) is 10.6 Å². The highest BCUT2D eigenvalue weighted by atomic mass is 16.2. The van der Waals surface area contributed by atoms with Crippen LogP contribution in [0.4, 0.5) is 16.2 Å². The first-order valence-corrected chi connectivity index (χ1v) is 6.13. The number of nitrogen functional groups attached to an aromatic ring is 1. The molecule has 1 aromatic carbocycles. The summed E-state index contributed by atoms with van der Waals surface area (Å²) in [6, 6.07) is 6.41. The fourth-order valence-electron chi connectivity index (χ4n) is 2.43. The standard InChI is InChI=1S/C13H17N3O/c1-8-6-9-7-10(14)2-5-12(9)16(8)13(17)15-11-3-4-11/h2,5,7-8,11H,3-4,6,14H2,1H3,(H,15,17). The molecule has 0 aromatic heterocycles. The van der Waals surface area contributed by atoms with E-state index < -0.39 is 0 Å². The molecule has 4 nitrogen and oxygen atoms in total. The highest BCUT2D eigenvalue weighted by Gasteiger charge is 2.33. The van der Waals surface area contributed by atoms with Crippen LogP contribution in [-0.4, -0.2) is 18.1 Å². The number of nitrogens with two attached hydrogens (primary N) is 1. The van der Waals surface area contributed by atoms with Gasteiger partial charge in [-0.05, 0) is 49.9 Å². The zero-order valence-electron chi connectivity index (χ0n) is 9.94. The fraction of sp³-hybridized carbons (Fsp3) is 0.462. The van der Waals surface area contributed by atoms with Gasteiger partial charge in [-0.15, -0.1) is 0 Å². The molecule has 2 aliphatic rings. The van der Waals surface area contributed by atoms with Crippen LogP contribution in [0.15, 0.2) is 18.2 Å². The summed E-state index contributed by atoms with van der Waals surface area (Å²) in [5.41, 5.74) is 8.71. The molecule has 90 valence electrons. The maximum absolute atomic E-state index is 12.1. The molecule has 1 fully saturated rings. The molecule has 4 heteroatoms. The van der Waals surface area contributed by atoms with Gasteiger partial charge in [0.25, 0.3) is 0 Å². The molecule has 0 spiro atoms. The lowest BCUT2D eigenvalue weighted by molar-refractivity contribution is 0.244. The average Bonchev–Trinajstić information content (AvgIpc) is 2.99. The summed E-state index contributed by atoms with van der Waals surface area (Å²) in [5.74, 6) is 0. The van der Waals surface area contributed by atoms with E-state index in [1.54, 1.807) is 0 Å². The number of urea groups is 1. The van der Waals surface area contributed by atoms with Crippen molar-refractivity contribution in [3.05, 3.63) is 23.8 Å². The summed E-state index contributed by atoms with van der Waals surface area (Å²) >= 11 is 0. The van der Waals surface area contributed by atoms with E-state index in [0.29, 0.717) is 6.04 Å². The number of fused-ring (bicyclic) bond motifs is 1. The van der Waals surface area contributed by atoms with Gasteiger partial charge in [0.2, 0.25) is 0 Å². The van der Waals surface area contributed by atoms with Gasteiger partial charge in [0.15, 0.2) is 0 Å². The van der Waals surface area contributed by atoms with E-state index in [4.69, 9.17) is 5.73 Å². The normalized spacial score (nSPS) is 22.4. The maximum atomic E-state index is 12.1. The first-order chi connectivity index (χ1) is 8.15. The largest absolute Gasteiger partial charge is 0.399 e. The molecule has 2 amide bonds. The molecule has 0 bridgehead atoms. The van der Waals surface area contributed by atoms with Crippen molar-refractivity contribution in [3.63, 3.8) is 0 Å². The third-order valence-electron chi connectivity index (χ3n) is 3.44. The Morgan fingerprint density at radius 1 is 1.47 bits per heavy atom. The van der Waals surface area contributed by atoms with Crippen molar-refractivity contribution in [3.8, 4) is 0 Å². The summed E-state index contributed by atoms with van der Waals surface area (Å²) in [4.78, 5) is 14.0. The number of amides is 2. The number of hydrogen-bond acceptors (Lipinski definition) is 2. The third kappa shape index (κ3) is 1.84.